The molecule has 0 unspecified atom stereocenters. The summed E-state index contributed by atoms with van der Waals surface area (Å²) in [4.78, 5) is 40.4. The van der Waals surface area contributed by atoms with Gasteiger partial charge in [0.05, 0.1) is 0 Å². The Labute approximate surface area is 168 Å². The number of aliphatic carboxylic acids is 1. The third-order valence-electron chi connectivity index (χ3n) is 4.69. The molecule has 1 fully saturated rings. The minimum Gasteiger partial charge on any atom is -0.480 e. The van der Waals surface area contributed by atoms with Crippen LogP contribution in [0.2, 0.25) is 0 Å². The molecule has 1 heterocycles. The summed E-state index contributed by atoms with van der Waals surface area (Å²) < 4.78 is 5.13. The maximum Gasteiger partial charge on any atom is 0.332 e. The van der Waals surface area contributed by atoms with Crippen LogP contribution < -0.4 is 0 Å². The van der Waals surface area contributed by atoms with E-state index in [9.17, 15) is 19.5 Å². The van der Waals surface area contributed by atoms with Crippen LogP contribution in [0.4, 0.5) is 4.79 Å². The van der Waals surface area contributed by atoms with E-state index in [1.807, 2.05) is 48.5 Å². The predicted octanol–water partition coefficient (Wildman–Crippen LogP) is 2.68. The highest BCUT2D eigenvalue weighted by molar-refractivity contribution is 5.96. The second-order valence-corrected chi connectivity index (χ2v) is 6.66. The van der Waals surface area contributed by atoms with E-state index < -0.39 is 30.1 Å². The Bertz CT molecular complexity index is 885. The number of esters is 1. The molecular formula is C22H22N2O5. The summed E-state index contributed by atoms with van der Waals surface area (Å²) in [6.07, 6.45) is 1.40. The normalized spacial score (nSPS) is 18.6. The van der Waals surface area contributed by atoms with Gasteiger partial charge in [-0.3, -0.25) is 0 Å². The molecule has 0 bridgehead atoms. The first-order valence-electron chi connectivity index (χ1n) is 9.18. The van der Waals surface area contributed by atoms with Crippen LogP contribution in [-0.2, 0) is 27.4 Å². The Kier molecular flexibility index (Phi) is 6.29. The maximum absolute atomic E-state index is 13.2. The Morgan fingerprint density at radius 3 is 1.86 bits per heavy atom. The summed E-state index contributed by atoms with van der Waals surface area (Å²) >= 11 is 0. The minimum absolute atomic E-state index is 0.0618. The van der Waals surface area contributed by atoms with Gasteiger partial charge in [-0.15, -0.1) is 0 Å². The number of hydrogen-bond donors (Lipinski definition) is 1. The largest absolute Gasteiger partial charge is 0.480 e. The first-order chi connectivity index (χ1) is 14.0. The van der Waals surface area contributed by atoms with Crippen molar-refractivity contribution in [1.82, 2.24) is 9.80 Å². The minimum atomic E-state index is -1.36. The molecular weight excluding hydrogens is 372 g/mol. The van der Waals surface area contributed by atoms with Gasteiger partial charge in [-0.05, 0) is 11.1 Å². The number of hydrogen-bond acceptors (Lipinski definition) is 4. The molecule has 0 spiro atoms. The van der Waals surface area contributed by atoms with Crippen molar-refractivity contribution in [2.45, 2.75) is 25.2 Å². The molecule has 7 nitrogen and oxygen atoms in total. The lowest BCUT2D eigenvalue weighted by Crippen LogP contribution is -2.48. The van der Waals surface area contributed by atoms with Crippen LogP contribution in [-0.4, -0.2) is 51.6 Å². The lowest BCUT2D eigenvalue weighted by Gasteiger charge is -2.23. The van der Waals surface area contributed by atoms with Crippen LogP contribution in [0.1, 0.15) is 11.1 Å². The van der Waals surface area contributed by atoms with E-state index >= 15 is 0 Å². The van der Waals surface area contributed by atoms with E-state index in [1.165, 1.54) is 15.9 Å². The van der Waals surface area contributed by atoms with Gasteiger partial charge in [0.15, 0.2) is 12.1 Å². The molecule has 0 saturated carbocycles. The highest BCUT2D eigenvalue weighted by atomic mass is 16.5. The summed E-state index contributed by atoms with van der Waals surface area (Å²) in [5.41, 5.74) is 1.56. The average molecular weight is 394 g/mol. The Hall–Kier alpha value is -3.61. The molecule has 1 aliphatic rings. The van der Waals surface area contributed by atoms with Crippen LogP contribution in [0.15, 0.2) is 73.3 Å². The highest BCUT2D eigenvalue weighted by Gasteiger charge is 2.53. The molecule has 7 heteroatoms. The number of urea groups is 1. The number of carboxylic acids is 1. The second kappa shape index (κ2) is 9.05. The summed E-state index contributed by atoms with van der Waals surface area (Å²) in [7, 11) is 0. The fourth-order valence-electron chi connectivity index (χ4n) is 3.39. The molecule has 0 aromatic heterocycles. The van der Waals surface area contributed by atoms with Gasteiger partial charge in [-0.1, -0.05) is 73.3 Å². The van der Waals surface area contributed by atoms with Crippen LogP contribution >= 0.6 is 0 Å². The third kappa shape index (κ3) is 4.45. The number of ether oxygens (including phenoxy) is 1. The van der Waals surface area contributed by atoms with Crippen LogP contribution in [0, 0.1) is 0 Å². The standard InChI is InChI=1S/C22H22N2O5/c1-2-13-29-21(27)19-18(20(25)26)23(14-16-9-5-3-6-10-16)22(28)24(19)15-17-11-7-4-8-12-17/h2-12,18-19H,1,13-15H2,(H,25,26)/t18-,19-/m0/s1. The van der Waals surface area contributed by atoms with Crippen molar-refractivity contribution in [2.24, 2.45) is 0 Å². The number of rotatable bonds is 8. The fourth-order valence-corrected chi connectivity index (χ4v) is 3.39. The van der Waals surface area contributed by atoms with E-state index in [4.69, 9.17) is 4.74 Å². The molecule has 2 aromatic carbocycles. The van der Waals surface area contributed by atoms with Gasteiger partial charge in [-0.25, -0.2) is 14.4 Å². The van der Waals surface area contributed by atoms with Gasteiger partial charge >= 0.3 is 18.0 Å². The fraction of sp³-hybridized carbons (Fsp3) is 0.227. The molecule has 2 atom stereocenters. The van der Waals surface area contributed by atoms with Crippen LogP contribution in [0.25, 0.3) is 0 Å². The van der Waals surface area contributed by atoms with Crippen molar-refractivity contribution < 1.29 is 24.2 Å². The Morgan fingerprint density at radius 2 is 1.41 bits per heavy atom. The van der Waals surface area contributed by atoms with Crippen molar-refractivity contribution in [3.8, 4) is 0 Å². The first-order valence-corrected chi connectivity index (χ1v) is 9.18. The summed E-state index contributed by atoms with van der Waals surface area (Å²) in [5.74, 6) is -2.03. The molecule has 0 radical (unpaired) electrons. The second-order valence-electron chi connectivity index (χ2n) is 6.66. The van der Waals surface area contributed by atoms with Gasteiger partial charge in [0.25, 0.3) is 0 Å². The molecule has 1 N–H and O–H groups in total. The van der Waals surface area contributed by atoms with Crippen molar-refractivity contribution >= 4 is 18.0 Å². The van der Waals surface area contributed by atoms with Gasteiger partial charge in [0.1, 0.15) is 6.61 Å². The Morgan fingerprint density at radius 1 is 0.931 bits per heavy atom. The quantitative estimate of drug-likeness (QED) is 0.549. The Balaban J connectivity index is 1.96. The zero-order chi connectivity index (χ0) is 20.8. The average Bonchev–Trinajstić information content (AvgIpc) is 3.00. The molecule has 29 heavy (non-hydrogen) atoms. The molecule has 1 saturated heterocycles. The molecule has 0 aliphatic carbocycles. The van der Waals surface area contributed by atoms with Crippen LogP contribution in [0.5, 0.6) is 0 Å². The number of benzene rings is 2. The highest BCUT2D eigenvalue weighted by Crippen LogP contribution is 2.28. The maximum atomic E-state index is 13.2. The molecule has 2 aromatic rings. The van der Waals surface area contributed by atoms with Gasteiger partial charge in [0.2, 0.25) is 0 Å². The number of carbonyl (C=O) groups excluding carboxylic acids is 2. The zero-order valence-corrected chi connectivity index (χ0v) is 15.8. The van der Waals surface area contributed by atoms with Gasteiger partial charge in [-0.2, -0.15) is 0 Å². The van der Waals surface area contributed by atoms with E-state index in [1.54, 1.807) is 12.1 Å². The number of carbonyl (C=O) groups is 3. The number of carboxylic acid groups (broad SMARTS) is 1. The van der Waals surface area contributed by atoms with Crippen molar-refractivity contribution in [1.29, 1.82) is 0 Å². The van der Waals surface area contributed by atoms with Gasteiger partial charge < -0.3 is 19.6 Å². The van der Waals surface area contributed by atoms with E-state index in [2.05, 4.69) is 6.58 Å². The monoisotopic (exact) mass is 394 g/mol. The molecule has 2 amide bonds. The third-order valence-corrected chi connectivity index (χ3v) is 4.69. The first kappa shape index (κ1) is 20.1. The summed E-state index contributed by atoms with van der Waals surface area (Å²) in [6.45, 7) is 3.62. The zero-order valence-electron chi connectivity index (χ0n) is 15.8. The molecule has 3 rings (SSSR count). The SMILES string of the molecule is C=CCOC(=O)[C@@H]1[C@@H](C(=O)O)N(Cc2ccccc2)C(=O)N1Cc1ccccc1. The summed E-state index contributed by atoms with van der Waals surface area (Å²) in [5, 5.41) is 9.86. The lowest BCUT2D eigenvalue weighted by atomic mass is 10.1. The smallest absolute Gasteiger partial charge is 0.332 e. The predicted molar refractivity (Wildman–Crippen MR) is 106 cm³/mol. The van der Waals surface area contributed by atoms with E-state index in [-0.39, 0.29) is 19.7 Å². The van der Waals surface area contributed by atoms with E-state index in [0.29, 0.717) is 0 Å². The van der Waals surface area contributed by atoms with E-state index in [0.717, 1.165) is 11.1 Å². The summed E-state index contributed by atoms with van der Waals surface area (Å²) in [6, 6.07) is 15.0. The molecule has 1 aliphatic heterocycles. The topological polar surface area (TPSA) is 87.1 Å². The van der Waals surface area contributed by atoms with Crippen molar-refractivity contribution in [3.63, 3.8) is 0 Å². The lowest BCUT2D eigenvalue weighted by molar-refractivity contribution is -0.154. The van der Waals surface area contributed by atoms with Crippen molar-refractivity contribution in [2.75, 3.05) is 6.61 Å². The van der Waals surface area contributed by atoms with Crippen LogP contribution in [0.3, 0.4) is 0 Å². The van der Waals surface area contributed by atoms with Crippen molar-refractivity contribution in [3.05, 3.63) is 84.4 Å². The molecule has 150 valence electrons. The number of nitrogens with zero attached hydrogens (tertiary/aromatic N) is 2. The number of amides is 2. The van der Waals surface area contributed by atoms with Gasteiger partial charge in [0, 0.05) is 13.1 Å².